The fraction of sp³-hybridized carbons (Fsp3) is 0.571. The molecule has 0 fully saturated rings. The minimum absolute atomic E-state index is 0.169. The van der Waals surface area contributed by atoms with Crippen molar-refractivity contribution in [3.8, 4) is 0 Å². The third kappa shape index (κ3) is 8.16. The Labute approximate surface area is 117 Å². The van der Waals surface area contributed by atoms with Crippen molar-refractivity contribution in [1.29, 1.82) is 0 Å². The van der Waals surface area contributed by atoms with Crippen LogP contribution in [0.25, 0.3) is 0 Å². The van der Waals surface area contributed by atoms with E-state index in [-0.39, 0.29) is 6.42 Å². The first-order chi connectivity index (χ1) is 8.87. The maximum atomic E-state index is 12.0. The van der Waals surface area contributed by atoms with Crippen molar-refractivity contribution in [2.45, 2.75) is 50.3 Å². The van der Waals surface area contributed by atoms with Gasteiger partial charge in [0.1, 0.15) is 0 Å². The lowest BCUT2D eigenvalue weighted by atomic mass is 10.2. The van der Waals surface area contributed by atoms with Crippen molar-refractivity contribution in [2.24, 2.45) is 0 Å². The molecule has 108 valence electrons. The number of nitrogens with one attached hydrogen (secondary N) is 1. The van der Waals surface area contributed by atoms with E-state index >= 15 is 0 Å². The van der Waals surface area contributed by atoms with Gasteiger partial charge in [-0.05, 0) is 29.9 Å². The van der Waals surface area contributed by atoms with Crippen molar-refractivity contribution in [3.05, 3.63) is 29.8 Å². The number of benzene rings is 1. The Bertz CT molecular complexity index is 377. The first-order valence-electron chi connectivity index (χ1n) is 6.39. The summed E-state index contributed by atoms with van der Waals surface area (Å²) in [5.74, 6) is 0.501. The second kappa shape index (κ2) is 7.80. The van der Waals surface area contributed by atoms with Crippen molar-refractivity contribution in [3.63, 3.8) is 0 Å². The smallest absolute Gasteiger partial charge is 0.310 e. The van der Waals surface area contributed by atoms with Crippen LogP contribution in [-0.2, 0) is 6.54 Å². The maximum absolute atomic E-state index is 12.0. The maximum Gasteiger partial charge on any atom is 0.389 e. The van der Waals surface area contributed by atoms with Gasteiger partial charge in [-0.3, -0.25) is 0 Å². The summed E-state index contributed by atoms with van der Waals surface area (Å²) < 4.78 is 36.0. The fourth-order valence-corrected chi connectivity index (χ4v) is 2.46. The summed E-state index contributed by atoms with van der Waals surface area (Å²) in [5.41, 5.74) is 1.16. The monoisotopic (exact) mass is 291 g/mol. The largest absolute Gasteiger partial charge is 0.389 e. The van der Waals surface area contributed by atoms with Crippen LogP contribution in [0.1, 0.15) is 32.3 Å². The molecule has 0 aliphatic heterocycles. The standard InChI is InChI=1S/C14H20F3NS/c1-11(2)18-10-12-5-3-6-13(9-12)19-8-4-7-14(15,16)17/h3,5-6,9,11,18H,4,7-8,10H2,1-2H3. The van der Waals surface area contributed by atoms with E-state index in [1.807, 2.05) is 24.3 Å². The van der Waals surface area contributed by atoms with Crippen molar-refractivity contribution in [2.75, 3.05) is 5.75 Å². The van der Waals surface area contributed by atoms with Gasteiger partial charge in [-0.2, -0.15) is 13.2 Å². The second-order valence-electron chi connectivity index (χ2n) is 4.75. The molecular formula is C14H20F3NS. The van der Waals surface area contributed by atoms with Gasteiger partial charge in [-0.1, -0.05) is 26.0 Å². The first-order valence-corrected chi connectivity index (χ1v) is 7.37. The SMILES string of the molecule is CC(C)NCc1cccc(SCCCC(F)(F)F)c1. The normalized spacial score (nSPS) is 12.1. The summed E-state index contributed by atoms with van der Waals surface area (Å²) >= 11 is 1.48. The molecule has 0 radical (unpaired) electrons. The van der Waals surface area contributed by atoms with E-state index < -0.39 is 12.6 Å². The molecule has 1 rings (SSSR count). The van der Waals surface area contributed by atoms with E-state index in [1.54, 1.807) is 0 Å². The van der Waals surface area contributed by atoms with Gasteiger partial charge in [0, 0.05) is 23.9 Å². The lowest BCUT2D eigenvalue weighted by Gasteiger charge is -2.09. The van der Waals surface area contributed by atoms with Gasteiger partial charge >= 0.3 is 6.18 Å². The van der Waals surface area contributed by atoms with Crippen LogP contribution in [0.3, 0.4) is 0 Å². The molecule has 0 aliphatic carbocycles. The molecule has 0 atom stereocenters. The van der Waals surface area contributed by atoms with Gasteiger partial charge in [0.15, 0.2) is 0 Å². The fourth-order valence-electron chi connectivity index (χ4n) is 1.53. The van der Waals surface area contributed by atoms with Crippen LogP contribution >= 0.6 is 11.8 Å². The van der Waals surface area contributed by atoms with Crippen molar-refractivity contribution < 1.29 is 13.2 Å². The predicted molar refractivity (Wildman–Crippen MR) is 74.4 cm³/mol. The Morgan fingerprint density at radius 3 is 2.63 bits per heavy atom. The Kier molecular flexibility index (Phi) is 6.72. The Balaban J connectivity index is 2.35. The quantitative estimate of drug-likeness (QED) is 0.581. The zero-order valence-electron chi connectivity index (χ0n) is 11.3. The third-order valence-electron chi connectivity index (χ3n) is 2.49. The molecule has 1 nitrogen and oxygen atoms in total. The van der Waals surface area contributed by atoms with Crippen molar-refractivity contribution >= 4 is 11.8 Å². The van der Waals surface area contributed by atoms with Crippen LogP contribution in [0.5, 0.6) is 0 Å². The number of rotatable bonds is 7. The summed E-state index contributed by atoms with van der Waals surface area (Å²) in [7, 11) is 0. The zero-order chi connectivity index (χ0) is 14.3. The minimum Gasteiger partial charge on any atom is -0.310 e. The molecule has 0 saturated heterocycles. The van der Waals surface area contributed by atoms with Crippen LogP contribution < -0.4 is 5.32 Å². The van der Waals surface area contributed by atoms with Gasteiger partial charge in [0.2, 0.25) is 0 Å². The van der Waals surface area contributed by atoms with Crippen LogP contribution in [-0.4, -0.2) is 18.0 Å². The third-order valence-corrected chi connectivity index (χ3v) is 3.57. The molecular weight excluding hydrogens is 271 g/mol. The first kappa shape index (κ1) is 16.4. The van der Waals surface area contributed by atoms with E-state index in [9.17, 15) is 13.2 Å². The summed E-state index contributed by atoms with van der Waals surface area (Å²) in [4.78, 5) is 1.03. The van der Waals surface area contributed by atoms with Gasteiger partial charge in [-0.15, -0.1) is 11.8 Å². The number of hydrogen-bond donors (Lipinski definition) is 1. The Morgan fingerprint density at radius 1 is 1.26 bits per heavy atom. The molecule has 0 amide bonds. The summed E-state index contributed by atoms with van der Waals surface area (Å²) in [6, 6.07) is 8.37. The van der Waals surface area contributed by atoms with E-state index in [1.165, 1.54) is 11.8 Å². The second-order valence-corrected chi connectivity index (χ2v) is 5.92. The predicted octanol–water partition coefficient (Wildman–Crippen LogP) is 4.62. The molecule has 19 heavy (non-hydrogen) atoms. The van der Waals surface area contributed by atoms with Gasteiger partial charge < -0.3 is 5.32 Å². The number of halogens is 3. The summed E-state index contributed by atoms with van der Waals surface area (Å²) in [6.07, 6.45) is -4.57. The molecule has 1 N–H and O–H groups in total. The van der Waals surface area contributed by atoms with E-state index in [0.29, 0.717) is 11.8 Å². The average molecular weight is 291 g/mol. The van der Waals surface area contributed by atoms with Crippen LogP contribution in [0, 0.1) is 0 Å². The Hall–Kier alpha value is -0.680. The van der Waals surface area contributed by atoms with Crippen LogP contribution in [0.15, 0.2) is 29.2 Å². The molecule has 0 aromatic heterocycles. The van der Waals surface area contributed by atoms with Gasteiger partial charge in [0.05, 0.1) is 0 Å². The Morgan fingerprint density at radius 2 is 2.00 bits per heavy atom. The highest BCUT2D eigenvalue weighted by molar-refractivity contribution is 7.99. The van der Waals surface area contributed by atoms with Gasteiger partial charge in [0.25, 0.3) is 0 Å². The average Bonchev–Trinajstić information content (AvgIpc) is 2.32. The van der Waals surface area contributed by atoms with Gasteiger partial charge in [-0.25, -0.2) is 0 Å². The lowest BCUT2D eigenvalue weighted by molar-refractivity contribution is -0.134. The molecule has 0 unspecified atom stereocenters. The number of thioether (sulfide) groups is 1. The van der Waals surface area contributed by atoms with E-state index in [4.69, 9.17) is 0 Å². The minimum atomic E-state index is -4.04. The molecule has 5 heteroatoms. The van der Waals surface area contributed by atoms with E-state index in [0.717, 1.165) is 17.0 Å². The van der Waals surface area contributed by atoms with Crippen LogP contribution in [0.4, 0.5) is 13.2 Å². The molecule has 0 spiro atoms. The topological polar surface area (TPSA) is 12.0 Å². The number of hydrogen-bond acceptors (Lipinski definition) is 2. The highest BCUT2D eigenvalue weighted by Crippen LogP contribution is 2.25. The molecule has 0 bridgehead atoms. The molecule has 0 aliphatic rings. The lowest BCUT2D eigenvalue weighted by Crippen LogP contribution is -2.21. The van der Waals surface area contributed by atoms with E-state index in [2.05, 4.69) is 19.2 Å². The highest BCUT2D eigenvalue weighted by atomic mass is 32.2. The summed E-state index contributed by atoms with van der Waals surface area (Å²) in [5, 5.41) is 3.32. The molecule has 0 heterocycles. The zero-order valence-corrected chi connectivity index (χ0v) is 12.1. The molecule has 1 aromatic carbocycles. The number of alkyl halides is 3. The molecule has 1 aromatic rings. The van der Waals surface area contributed by atoms with Crippen molar-refractivity contribution in [1.82, 2.24) is 5.32 Å². The summed E-state index contributed by atoms with van der Waals surface area (Å²) in [6.45, 7) is 4.94. The molecule has 0 saturated carbocycles. The van der Waals surface area contributed by atoms with Crippen LogP contribution in [0.2, 0.25) is 0 Å². The highest BCUT2D eigenvalue weighted by Gasteiger charge is 2.25.